The van der Waals surface area contributed by atoms with Gasteiger partial charge in [0.25, 0.3) is 5.91 Å². The Morgan fingerprint density at radius 3 is 2.38 bits per heavy atom. The monoisotopic (exact) mass is 289 g/mol. The summed E-state index contributed by atoms with van der Waals surface area (Å²) in [4.78, 5) is 14.2. The van der Waals surface area contributed by atoms with Gasteiger partial charge >= 0.3 is 0 Å². The maximum Gasteiger partial charge on any atom is 0.254 e. The fourth-order valence-corrected chi connectivity index (χ4v) is 2.98. The summed E-state index contributed by atoms with van der Waals surface area (Å²) in [5.74, 6) is 0.859. The Morgan fingerprint density at radius 1 is 1.14 bits per heavy atom. The molecule has 0 atom stereocenters. The third-order valence-electron chi connectivity index (χ3n) is 4.30. The van der Waals surface area contributed by atoms with Crippen LogP contribution in [0.2, 0.25) is 0 Å². The fraction of sp³-hybridized carbons (Fsp3) is 0.588. The van der Waals surface area contributed by atoms with Crippen LogP contribution in [0.15, 0.2) is 24.3 Å². The van der Waals surface area contributed by atoms with E-state index in [1.807, 2.05) is 24.3 Å². The van der Waals surface area contributed by atoms with Crippen molar-refractivity contribution in [2.45, 2.75) is 50.7 Å². The van der Waals surface area contributed by atoms with Gasteiger partial charge in [-0.2, -0.15) is 0 Å². The summed E-state index contributed by atoms with van der Waals surface area (Å²) in [6.07, 6.45) is 7.20. The van der Waals surface area contributed by atoms with Crippen LogP contribution in [0.5, 0.6) is 5.75 Å². The zero-order valence-electron chi connectivity index (χ0n) is 12.3. The minimum Gasteiger partial charge on any atom is -0.490 e. The topological polar surface area (TPSA) is 49.8 Å². The van der Waals surface area contributed by atoms with Crippen LogP contribution in [-0.4, -0.2) is 41.2 Å². The fourth-order valence-electron chi connectivity index (χ4n) is 2.98. The summed E-state index contributed by atoms with van der Waals surface area (Å²) in [5, 5.41) is 9.10. The predicted molar refractivity (Wildman–Crippen MR) is 80.5 cm³/mol. The lowest BCUT2D eigenvalue weighted by molar-refractivity contribution is 0.0707. The molecule has 2 aliphatic rings. The molecule has 0 bridgehead atoms. The van der Waals surface area contributed by atoms with Crippen molar-refractivity contribution in [3.63, 3.8) is 0 Å². The molecule has 0 aliphatic heterocycles. The number of nitrogens with zero attached hydrogens (tertiary/aromatic N) is 1. The molecular weight excluding hydrogens is 266 g/mol. The molecule has 1 amide bonds. The molecular formula is C17H23NO3. The average molecular weight is 289 g/mol. The number of ether oxygens (including phenoxy) is 1. The van der Waals surface area contributed by atoms with Gasteiger partial charge in [-0.15, -0.1) is 0 Å². The molecule has 4 heteroatoms. The molecule has 1 aromatic carbocycles. The van der Waals surface area contributed by atoms with Gasteiger partial charge in [0.2, 0.25) is 0 Å². The molecule has 2 saturated carbocycles. The van der Waals surface area contributed by atoms with Crippen LogP contribution >= 0.6 is 0 Å². The molecule has 21 heavy (non-hydrogen) atoms. The van der Waals surface area contributed by atoms with Gasteiger partial charge in [0.05, 0.1) is 12.7 Å². The zero-order valence-corrected chi connectivity index (χ0v) is 12.3. The van der Waals surface area contributed by atoms with Gasteiger partial charge in [0, 0.05) is 18.2 Å². The number of aliphatic hydroxyl groups excluding tert-OH is 1. The van der Waals surface area contributed by atoms with E-state index in [1.165, 1.54) is 12.8 Å². The van der Waals surface area contributed by atoms with E-state index in [1.54, 1.807) is 4.90 Å². The molecule has 0 heterocycles. The van der Waals surface area contributed by atoms with Crippen LogP contribution in [0.25, 0.3) is 0 Å². The van der Waals surface area contributed by atoms with Gasteiger partial charge in [-0.3, -0.25) is 4.79 Å². The number of benzene rings is 1. The molecule has 0 saturated heterocycles. The van der Waals surface area contributed by atoms with E-state index in [0.717, 1.165) is 31.4 Å². The molecule has 2 aliphatic carbocycles. The van der Waals surface area contributed by atoms with Crippen molar-refractivity contribution in [1.29, 1.82) is 0 Å². The SMILES string of the molecule is O=C(c1ccc(OC2CCCC2)cc1)N(CCO)C1CC1. The molecule has 3 rings (SSSR count). The van der Waals surface area contributed by atoms with Crippen molar-refractivity contribution < 1.29 is 14.6 Å². The molecule has 0 spiro atoms. The molecule has 114 valence electrons. The maximum absolute atomic E-state index is 12.4. The van der Waals surface area contributed by atoms with Crippen molar-refractivity contribution >= 4 is 5.91 Å². The van der Waals surface area contributed by atoms with E-state index in [-0.39, 0.29) is 12.5 Å². The van der Waals surface area contributed by atoms with Crippen LogP contribution in [0, 0.1) is 0 Å². The van der Waals surface area contributed by atoms with E-state index in [0.29, 0.717) is 24.3 Å². The van der Waals surface area contributed by atoms with E-state index in [4.69, 9.17) is 9.84 Å². The van der Waals surface area contributed by atoms with Crippen molar-refractivity contribution in [3.8, 4) is 5.75 Å². The lowest BCUT2D eigenvalue weighted by Gasteiger charge is -2.21. The average Bonchev–Trinajstić information content (AvgIpc) is 3.22. The molecule has 0 unspecified atom stereocenters. The maximum atomic E-state index is 12.4. The Hall–Kier alpha value is -1.55. The number of carbonyl (C=O) groups is 1. The van der Waals surface area contributed by atoms with Crippen molar-refractivity contribution in [3.05, 3.63) is 29.8 Å². The van der Waals surface area contributed by atoms with Crippen LogP contribution in [-0.2, 0) is 0 Å². The summed E-state index contributed by atoms with van der Waals surface area (Å²) >= 11 is 0. The Kier molecular flexibility index (Phi) is 4.44. The van der Waals surface area contributed by atoms with Crippen molar-refractivity contribution in [2.24, 2.45) is 0 Å². The van der Waals surface area contributed by atoms with E-state index < -0.39 is 0 Å². The highest BCUT2D eigenvalue weighted by Gasteiger charge is 2.32. The Labute approximate surface area is 125 Å². The summed E-state index contributed by atoms with van der Waals surface area (Å²) in [5.41, 5.74) is 0.675. The molecule has 1 N–H and O–H groups in total. The number of rotatable bonds is 6. The first-order valence-corrected chi connectivity index (χ1v) is 7.96. The van der Waals surface area contributed by atoms with Crippen LogP contribution in [0.3, 0.4) is 0 Å². The lowest BCUT2D eigenvalue weighted by atomic mass is 10.2. The standard InChI is InChI=1S/C17H23NO3/c19-12-11-18(14-7-8-14)17(20)13-5-9-16(10-6-13)21-15-3-1-2-4-15/h5-6,9-10,14-15,19H,1-4,7-8,11-12H2. The second-order valence-electron chi connectivity index (χ2n) is 6.00. The van der Waals surface area contributed by atoms with Crippen molar-refractivity contribution in [1.82, 2.24) is 4.90 Å². The van der Waals surface area contributed by atoms with Crippen LogP contribution in [0.1, 0.15) is 48.9 Å². The molecule has 2 fully saturated rings. The Balaban J connectivity index is 1.63. The van der Waals surface area contributed by atoms with Gasteiger partial charge in [-0.1, -0.05) is 0 Å². The second kappa shape index (κ2) is 6.48. The third kappa shape index (κ3) is 3.56. The van der Waals surface area contributed by atoms with Gasteiger partial charge < -0.3 is 14.7 Å². The van der Waals surface area contributed by atoms with Gasteiger partial charge in [0.1, 0.15) is 5.75 Å². The normalized spacial score (nSPS) is 18.7. The number of hydrogen-bond donors (Lipinski definition) is 1. The van der Waals surface area contributed by atoms with Gasteiger partial charge in [-0.05, 0) is 62.8 Å². The first-order chi connectivity index (χ1) is 10.3. The predicted octanol–water partition coefficient (Wildman–Crippen LogP) is 2.60. The molecule has 0 radical (unpaired) electrons. The first kappa shape index (κ1) is 14.4. The minimum atomic E-state index is 0.0129. The van der Waals surface area contributed by atoms with E-state index in [9.17, 15) is 4.79 Å². The van der Waals surface area contributed by atoms with Crippen molar-refractivity contribution in [2.75, 3.05) is 13.2 Å². The lowest BCUT2D eigenvalue weighted by Crippen LogP contribution is -2.35. The number of carbonyl (C=O) groups excluding carboxylic acids is 1. The largest absolute Gasteiger partial charge is 0.490 e. The quantitative estimate of drug-likeness (QED) is 0.875. The number of hydrogen-bond acceptors (Lipinski definition) is 3. The highest BCUT2D eigenvalue weighted by atomic mass is 16.5. The van der Waals surface area contributed by atoms with Gasteiger partial charge in [-0.25, -0.2) is 0 Å². The molecule has 1 aromatic rings. The highest BCUT2D eigenvalue weighted by Crippen LogP contribution is 2.29. The Bertz CT molecular complexity index is 475. The first-order valence-electron chi connectivity index (χ1n) is 7.96. The van der Waals surface area contributed by atoms with Gasteiger partial charge in [0.15, 0.2) is 0 Å². The summed E-state index contributed by atoms with van der Waals surface area (Å²) in [7, 11) is 0. The zero-order chi connectivity index (χ0) is 14.7. The summed E-state index contributed by atoms with van der Waals surface area (Å²) < 4.78 is 5.91. The molecule has 0 aromatic heterocycles. The van der Waals surface area contributed by atoms with E-state index >= 15 is 0 Å². The highest BCUT2D eigenvalue weighted by molar-refractivity contribution is 5.94. The number of aliphatic hydroxyl groups is 1. The van der Waals surface area contributed by atoms with E-state index in [2.05, 4.69) is 0 Å². The minimum absolute atomic E-state index is 0.0129. The van der Waals surface area contributed by atoms with Crippen LogP contribution < -0.4 is 4.74 Å². The smallest absolute Gasteiger partial charge is 0.254 e. The van der Waals surface area contributed by atoms with Crippen LogP contribution in [0.4, 0.5) is 0 Å². The second-order valence-corrected chi connectivity index (χ2v) is 6.00. The third-order valence-corrected chi connectivity index (χ3v) is 4.30. The number of amides is 1. The summed E-state index contributed by atoms with van der Waals surface area (Å²) in [6, 6.07) is 7.75. The summed E-state index contributed by atoms with van der Waals surface area (Å²) in [6.45, 7) is 0.439. The Morgan fingerprint density at radius 2 is 1.81 bits per heavy atom. The molecule has 4 nitrogen and oxygen atoms in total.